The van der Waals surface area contributed by atoms with E-state index in [-0.39, 0.29) is 0 Å². The molecule has 0 radical (unpaired) electrons. The molecule has 0 spiro atoms. The van der Waals surface area contributed by atoms with Gasteiger partial charge >= 0.3 is 0 Å². The lowest BCUT2D eigenvalue weighted by Gasteiger charge is -2.31. The van der Waals surface area contributed by atoms with Gasteiger partial charge in [0.2, 0.25) is 0 Å². The SMILES string of the molecule is OCC1CCCN(Cc2cncn2C2CC2)C1. The monoisotopic (exact) mass is 235 g/mol. The molecule has 1 aliphatic carbocycles. The van der Waals surface area contributed by atoms with E-state index >= 15 is 0 Å². The summed E-state index contributed by atoms with van der Waals surface area (Å²) in [6.07, 6.45) is 8.98. The Morgan fingerprint density at radius 2 is 2.24 bits per heavy atom. The number of aromatic nitrogens is 2. The molecule has 4 heteroatoms. The van der Waals surface area contributed by atoms with Gasteiger partial charge in [-0.3, -0.25) is 4.90 Å². The summed E-state index contributed by atoms with van der Waals surface area (Å²) in [5.41, 5.74) is 1.34. The highest BCUT2D eigenvalue weighted by Crippen LogP contribution is 2.36. The predicted octanol–water partition coefficient (Wildman–Crippen LogP) is 1.42. The first-order chi connectivity index (χ1) is 8.36. The first-order valence-corrected chi connectivity index (χ1v) is 6.70. The first-order valence-electron chi connectivity index (χ1n) is 6.70. The van der Waals surface area contributed by atoms with Crippen LogP contribution in [0.2, 0.25) is 0 Å². The van der Waals surface area contributed by atoms with Crippen molar-refractivity contribution in [3.05, 3.63) is 18.2 Å². The second kappa shape index (κ2) is 4.78. The number of imidazole rings is 1. The normalized spacial score (nSPS) is 26.3. The Bertz CT molecular complexity index is 372. The van der Waals surface area contributed by atoms with Crippen molar-refractivity contribution in [3.63, 3.8) is 0 Å². The minimum absolute atomic E-state index is 0.332. The number of aliphatic hydroxyl groups is 1. The minimum Gasteiger partial charge on any atom is -0.396 e. The van der Waals surface area contributed by atoms with Gasteiger partial charge < -0.3 is 9.67 Å². The van der Waals surface area contributed by atoms with Crippen molar-refractivity contribution in [1.82, 2.24) is 14.5 Å². The van der Waals surface area contributed by atoms with Crippen LogP contribution < -0.4 is 0 Å². The lowest BCUT2D eigenvalue weighted by molar-refractivity contribution is 0.114. The maximum absolute atomic E-state index is 9.24. The van der Waals surface area contributed by atoms with Crippen molar-refractivity contribution in [2.45, 2.75) is 38.3 Å². The summed E-state index contributed by atoms with van der Waals surface area (Å²) in [5, 5.41) is 9.24. The molecule has 94 valence electrons. The zero-order chi connectivity index (χ0) is 11.7. The largest absolute Gasteiger partial charge is 0.396 e. The van der Waals surface area contributed by atoms with Gasteiger partial charge in [-0.2, -0.15) is 0 Å². The molecule has 1 aliphatic heterocycles. The average molecular weight is 235 g/mol. The zero-order valence-electron chi connectivity index (χ0n) is 10.3. The van der Waals surface area contributed by atoms with Crippen LogP contribution in [0.5, 0.6) is 0 Å². The van der Waals surface area contributed by atoms with E-state index in [2.05, 4.69) is 14.5 Å². The standard InChI is InChI=1S/C13H21N3O/c17-9-11-2-1-5-15(7-11)8-13-6-14-10-16(13)12-3-4-12/h6,10-12,17H,1-5,7-9H2. The summed E-state index contributed by atoms with van der Waals surface area (Å²) in [7, 11) is 0. The third-order valence-electron chi connectivity index (χ3n) is 3.93. The fourth-order valence-electron chi connectivity index (χ4n) is 2.81. The Morgan fingerprint density at radius 3 is 3.00 bits per heavy atom. The van der Waals surface area contributed by atoms with Crippen LogP contribution in [-0.4, -0.2) is 39.3 Å². The average Bonchev–Trinajstić information content (AvgIpc) is 3.11. The number of piperidine rings is 1. The van der Waals surface area contributed by atoms with Gasteiger partial charge in [-0.1, -0.05) is 0 Å². The Balaban J connectivity index is 1.63. The summed E-state index contributed by atoms with van der Waals surface area (Å²) in [5.74, 6) is 0.473. The van der Waals surface area contributed by atoms with Crippen molar-refractivity contribution >= 4 is 0 Å². The molecule has 1 atom stereocenters. The van der Waals surface area contributed by atoms with E-state index in [1.807, 2.05) is 12.5 Å². The number of aliphatic hydroxyl groups excluding tert-OH is 1. The number of hydrogen-bond donors (Lipinski definition) is 1. The van der Waals surface area contributed by atoms with Crippen LogP contribution in [-0.2, 0) is 6.54 Å². The molecule has 17 heavy (non-hydrogen) atoms. The van der Waals surface area contributed by atoms with Gasteiger partial charge in [0.1, 0.15) is 0 Å². The van der Waals surface area contributed by atoms with E-state index < -0.39 is 0 Å². The molecule has 1 aromatic rings. The highest BCUT2D eigenvalue weighted by atomic mass is 16.3. The molecular formula is C13H21N3O. The molecule has 3 rings (SSSR count). The van der Waals surface area contributed by atoms with E-state index in [4.69, 9.17) is 0 Å². The molecule has 2 heterocycles. The summed E-state index contributed by atoms with van der Waals surface area (Å²) in [6, 6.07) is 0.714. The van der Waals surface area contributed by atoms with E-state index in [9.17, 15) is 5.11 Å². The number of rotatable bonds is 4. The highest BCUT2D eigenvalue weighted by Gasteiger charge is 2.26. The molecule has 1 saturated heterocycles. The van der Waals surface area contributed by atoms with Crippen molar-refractivity contribution in [1.29, 1.82) is 0 Å². The van der Waals surface area contributed by atoms with Gasteiger partial charge in [0, 0.05) is 31.9 Å². The maximum atomic E-state index is 9.24. The van der Waals surface area contributed by atoms with Crippen molar-refractivity contribution in [2.75, 3.05) is 19.7 Å². The zero-order valence-corrected chi connectivity index (χ0v) is 10.3. The smallest absolute Gasteiger partial charge is 0.0951 e. The molecule has 0 bridgehead atoms. The highest BCUT2D eigenvalue weighted by molar-refractivity contribution is 5.03. The Kier molecular flexibility index (Phi) is 3.16. The van der Waals surface area contributed by atoms with E-state index in [1.165, 1.54) is 31.4 Å². The van der Waals surface area contributed by atoms with Gasteiger partial charge in [0.05, 0.1) is 12.0 Å². The third kappa shape index (κ3) is 2.53. The molecule has 4 nitrogen and oxygen atoms in total. The number of nitrogens with zero attached hydrogens (tertiary/aromatic N) is 3. The van der Waals surface area contributed by atoms with Crippen molar-refractivity contribution in [3.8, 4) is 0 Å². The molecule has 1 unspecified atom stereocenters. The number of likely N-dealkylation sites (tertiary alicyclic amines) is 1. The van der Waals surface area contributed by atoms with Crippen LogP contribution >= 0.6 is 0 Å². The Morgan fingerprint density at radius 1 is 1.35 bits per heavy atom. The molecule has 1 saturated carbocycles. The Labute approximate surface area is 102 Å². The molecule has 1 N–H and O–H groups in total. The van der Waals surface area contributed by atoms with Crippen LogP contribution in [0, 0.1) is 5.92 Å². The van der Waals surface area contributed by atoms with Gasteiger partial charge in [-0.05, 0) is 38.1 Å². The van der Waals surface area contributed by atoms with Crippen LogP contribution in [0.3, 0.4) is 0 Å². The van der Waals surface area contributed by atoms with Crippen molar-refractivity contribution in [2.24, 2.45) is 5.92 Å². The molecule has 2 fully saturated rings. The van der Waals surface area contributed by atoms with Crippen LogP contribution in [0.4, 0.5) is 0 Å². The summed E-state index contributed by atoms with van der Waals surface area (Å²) in [4.78, 5) is 6.73. The fourth-order valence-corrected chi connectivity index (χ4v) is 2.81. The quantitative estimate of drug-likeness (QED) is 0.858. The van der Waals surface area contributed by atoms with Gasteiger partial charge in [0.15, 0.2) is 0 Å². The lowest BCUT2D eigenvalue weighted by atomic mass is 9.99. The summed E-state index contributed by atoms with van der Waals surface area (Å²) >= 11 is 0. The topological polar surface area (TPSA) is 41.3 Å². The van der Waals surface area contributed by atoms with Gasteiger partial charge in [-0.15, -0.1) is 0 Å². The van der Waals surface area contributed by atoms with Crippen LogP contribution in [0.25, 0.3) is 0 Å². The summed E-state index contributed by atoms with van der Waals surface area (Å²) < 4.78 is 2.34. The number of hydrogen-bond acceptors (Lipinski definition) is 3. The van der Waals surface area contributed by atoms with Crippen LogP contribution in [0.15, 0.2) is 12.5 Å². The van der Waals surface area contributed by atoms with Gasteiger partial charge in [-0.25, -0.2) is 4.98 Å². The second-order valence-electron chi connectivity index (χ2n) is 5.45. The summed E-state index contributed by atoms with van der Waals surface area (Å²) in [6.45, 7) is 3.52. The van der Waals surface area contributed by atoms with Crippen molar-refractivity contribution < 1.29 is 5.11 Å². The van der Waals surface area contributed by atoms with E-state index in [0.717, 1.165) is 19.6 Å². The second-order valence-corrected chi connectivity index (χ2v) is 5.45. The molecule has 1 aromatic heterocycles. The molecule has 2 aliphatic rings. The first kappa shape index (κ1) is 11.2. The predicted molar refractivity (Wildman–Crippen MR) is 65.6 cm³/mol. The maximum Gasteiger partial charge on any atom is 0.0951 e. The third-order valence-corrected chi connectivity index (χ3v) is 3.93. The minimum atomic E-state index is 0.332. The van der Waals surface area contributed by atoms with Gasteiger partial charge in [0.25, 0.3) is 0 Å². The van der Waals surface area contributed by atoms with E-state index in [0.29, 0.717) is 18.6 Å². The molecule has 0 amide bonds. The van der Waals surface area contributed by atoms with Crippen LogP contribution in [0.1, 0.15) is 37.4 Å². The lowest BCUT2D eigenvalue weighted by Crippen LogP contribution is -2.36. The fraction of sp³-hybridized carbons (Fsp3) is 0.769. The Hall–Kier alpha value is -0.870. The van der Waals surface area contributed by atoms with E-state index in [1.54, 1.807) is 0 Å². The molecular weight excluding hydrogens is 214 g/mol. The molecule has 0 aromatic carbocycles.